The zero-order valence-corrected chi connectivity index (χ0v) is 9.33. The number of nitrogens with two attached hydrogens (primary N) is 1. The van der Waals surface area contributed by atoms with Gasteiger partial charge in [-0.15, -0.1) is 10.2 Å². The maximum absolute atomic E-state index is 6.08. The second-order valence-electron chi connectivity index (χ2n) is 3.49. The van der Waals surface area contributed by atoms with Crippen molar-refractivity contribution in [3.63, 3.8) is 0 Å². The highest BCUT2D eigenvalue weighted by atomic mass is 35.5. The van der Waals surface area contributed by atoms with Crippen LogP contribution in [-0.2, 0) is 6.42 Å². The molecular weight excluding hydrogens is 212 g/mol. The van der Waals surface area contributed by atoms with Gasteiger partial charge in [-0.2, -0.15) is 0 Å². The molecule has 2 aromatic heterocycles. The molecule has 5 heteroatoms. The fourth-order valence-corrected chi connectivity index (χ4v) is 1.77. The standard InChI is InChI=1S/C10H13ClN4/c1-2-3-4-9-13-14-10-7(12)5-6-8(11)15(9)10/h5-6H,2-4,12H2,1H3. The minimum absolute atomic E-state index is 0.606. The monoisotopic (exact) mass is 224 g/mol. The summed E-state index contributed by atoms with van der Waals surface area (Å²) in [4.78, 5) is 0. The van der Waals surface area contributed by atoms with Crippen LogP contribution in [0.2, 0.25) is 5.15 Å². The number of fused-ring (bicyclic) bond motifs is 1. The van der Waals surface area contributed by atoms with E-state index in [-0.39, 0.29) is 0 Å². The van der Waals surface area contributed by atoms with Gasteiger partial charge in [0, 0.05) is 6.42 Å². The molecule has 2 N–H and O–H groups in total. The topological polar surface area (TPSA) is 56.2 Å². The number of anilines is 1. The molecule has 0 aromatic carbocycles. The van der Waals surface area contributed by atoms with Gasteiger partial charge in [0.25, 0.3) is 0 Å². The van der Waals surface area contributed by atoms with Gasteiger partial charge in [0.2, 0.25) is 0 Å². The van der Waals surface area contributed by atoms with E-state index in [1.165, 1.54) is 0 Å². The smallest absolute Gasteiger partial charge is 0.185 e. The van der Waals surface area contributed by atoms with Crippen molar-refractivity contribution >= 4 is 22.9 Å². The first-order valence-electron chi connectivity index (χ1n) is 5.02. The first-order valence-corrected chi connectivity index (χ1v) is 5.39. The van der Waals surface area contributed by atoms with Crippen LogP contribution in [0.1, 0.15) is 25.6 Å². The average molecular weight is 225 g/mol. The van der Waals surface area contributed by atoms with Gasteiger partial charge < -0.3 is 5.73 Å². The molecular formula is C10H13ClN4. The van der Waals surface area contributed by atoms with Gasteiger partial charge in [-0.1, -0.05) is 24.9 Å². The van der Waals surface area contributed by atoms with Gasteiger partial charge in [0.05, 0.1) is 5.69 Å². The average Bonchev–Trinajstić information content (AvgIpc) is 2.65. The van der Waals surface area contributed by atoms with E-state index < -0.39 is 0 Å². The molecule has 2 heterocycles. The minimum atomic E-state index is 0.606. The Hall–Kier alpha value is -1.29. The van der Waals surface area contributed by atoms with E-state index in [2.05, 4.69) is 17.1 Å². The zero-order chi connectivity index (χ0) is 10.8. The molecule has 0 fully saturated rings. The summed E-state index contributed by atoms with van der Waals surface area (Å²) in [6.45, 7) is 2.14. The minimum Gasteiger partial charge on any atom is -0.396 e. The Morgan fingerprint density at radius 3 is 2.93 bits per heavy atom. The molecule has 0 unspecified atom stereocenters. The quantitative estimate of drug-likeness (QED) is 0.814. The Bertz CT molecular complexity index is 477. The molecule has 15 heavy (non-hydrogen) atoms. The maximum atomic E-state index is 6.08. The van der Waals surface area contributed by atoms with Gasteiger partial charge in [0.15, 0.2) is 5.65 Å². The molecule has 0 spiro atoms. The van der Waals surface area contributed by atoms with E-state index in [0.29, 0.717) is 16.5 Å². The summed E-state index contributed by atoms with van der Waals surface area (Å²) in [6.07, 6.45) is 3.07. The maximum Gasteiger partial charge on any atom is 0.185 e. The Balaban J connectivity index is 2.53. The molecule has 0 atom stereocenters. The third-order valence-corrected chi connectivity index (χ3v) is 2.65. The third-order valence-electron chi connectivity index (χ3n) is 2.36. The Kier molecular flexibility index (Phi) is 2.77. The summed E-state index contributed by atoms with van der Waals surface area (Å²) >= 11 is 6.08. The largest absolute Gasteiger partial charge is 0.396 e. The lowest BCUT2D eigenvalue weighted by Gasteiger charge is -2.02. The summed E-state index contributed by atoms with van der Waals surface area (Å²) in [5.41, 5.74) is 7.04. The van der Waals surface area contributed by atoms with E-state index in [1.807, 2.05) is 4.40 Å². The second-order valence-corrected chi connectivity index (χ2v) is 3.88. The van der Waals surface area contributed by atoms with Crippen LogP contribution in [0.3, 0.4) is 0 Å². The fourth-order valence-electron chi connectivity index (χ4n) is 1.53. The number of nitrogens with zero attached hydrogens (tertiary/aromatic N) is 3. The van der Waals surface area contributed by atoms with Gasteiger partial charge in [-0.25, -0.2) is 0 Å². The normalized spacial score (nSPS) is 11.1. The number of hydrogen-bond donors (Lipinski definition) is 1. The summed E-state index contributed by atoms with van der Waals surface area (Å²) in [6, 6.07) is 3.51. The fraction of sp³-hybridized carbons (Fsp3) is 0.400. The van der Waals surface area contributed by atoms with Crippen molar-refractivity contribution < 1.29 is 0 Å². The molecule has 4 nitrogen and oxygen atoms in total. The van der Waals surface area contributed by atoms with Crippen LogP contribution in [0.5, 0.6) is 0 Å². The first kappa shape index (κ1) is 10.2. The van der Waals surface area contributed by atoms with Crippen LogP contribution in [0, 0.1) is 0 Å². The summed E-state index contributed by atoms with van der Waals surface area (Å²) in [7, 11) is 0. The van der Waals surface area contributed by atoms with Crippen LogP contribution in [0.25, 0.3) is 5.65 Å². The van der Waals surface area contributed by atoms with Crippen LogP contribution in [0.15, 0.2) is 12.1 Å². The van der Waals surface area contributed by atoms with E-state index in [1.54, 1.807) is 12.1 Å². The van der Waals surface area contributed by atoms with Crippen molar-refractivity contribution in [2.75, 3.05) is 5.73 Å². The lowest BCUT2D eigenvalue weighted by molar-refractivity contribution is 0.744. The molecule has 0 saturated carbocycles. The number of pyridine rings is 1. The number of nitrogen functional groups attached to an aromatic ring is 1. The lowest BCUT2D eigenvalue weighted by Crippen LogP contribution is -1.98. The van der Waals surface area contributed by atoms with Gasteiger partial charge in [-0.05, 0) is 18.6 Å². The SMILES string of the molecule is CCCCc1nnc2c(N)ccc(Cl)n12. The number of halogens is 1. The molecule has 2 rings (SSSR count). The number of aryl methyl sites for hydroxylation is 1. The van der Waals surface area contributed by atoms with E-state index in [4.69, 9.17) is 17.3 Å². The van der Waals surface area contributed by atoms with Crippen molar-refractivity contribution in [1.29, 1.82) is 0 Å². The van der Waals surface area contributed by atoms with Gasteiger partial charge >= 0.3 is 0 Å². The molecule has 0 radical (unpaired) electrons. The van der Waals surface area contributed by atoms with E-state index in [0.717, 1.165) is 25.1 Å². The first-order chi connectivity index (χ1) is 7.24. The van der Waals surface area contributed by atoms with Crippen LogP contribution in [0.4, 0.5) is 5.69 Å². The number of aromatic nitrogens is 3. The zero-order valence-electron chi connectivity index (χ0n) is 8.57. The van der Waals surface area contributed by atoms with Crippen molar-refractivity contribution in [3.8, 4) is 0 Å². The molecule has 0 bridgehead atoms. The van der Waals surface area contributed by atoms with Gasteiger partial charge in [0.1, 0.15) is 11.0 Å². The Labute approximate surface area is 93.1 Å². The predicted molar refractivity (Wildman–Crippen MR) is 61.0 cm³/mol. The molecule has 0 aliphatic rings. The Morgan fingerprint density at radius 2 is 2.20 bits per heavy atom. The molecule has 0 amide bonds. The van der Waals surface area contributed by atoms with Crippen LogP contribution in [-0.4, -0.2) is 14.6 Å². The van der Waals surface area contributed by atoms with Crippen LogP contribution >= 0.6 is 11.6 Å². The number of hydrogen-bond acceptors (Lipinski definition) is 3. The molecule has 0 saturated heterocycles. The molecule has 2 aromatic rings. The van der Waals surface area contributed by atoms with Crippen molar-refractivity contribution in [1.82, 2.24) is 14.6 Å². The van der Waals surface area contributed by atoms with E-state index >= 15 is 0 Å². The number of unbranched alkanes of at least 4 members (excludes halogenated alkanes) is 1. The van der Waals surface area contributed by atoms with Crippen molar-refractivity contribution in [2.24, 2.45) is 0 Å². The third kappa shape index (κ3) is 1.77. The molecule has 0 aliphatic heterocycles. The lowest BCUT2D eigenvalue weighted by atomic mass is 10.2. The van der Waals surface area contributed by atoms with Crippen molar-refractivity contribution in [3.05, 3.63) is 23.1 Å². The van der Waals surface area contributed by atoms with E-state index in [9.17, 15) is 0 Å². The molecule has 80 valence electrons. The summed E-state index contributed by atoms with van der Waals surface area (Å²) < 4.78 is 1.81. The number of rotatable bonds is 3. The highest BCUT2D eigenvalue weighted by Crippen LogP contribution is 2.19. The second kappa shape index (κ2) is 4.06. The highest BCUT2D eigenvalue weighted by Gasteiger charge is 2.10. The molecule has 0 aliphatic carbocycles. The van der Waals surface area contributed by atoms with Crippen LogP contribution < -0.4 is 5.73 Å². The Morgan fingerprint density at radius 1 is 1.40 bits per heavy atom. The highest BCUT2D eigenvalue weighted by molar-refractivity contribution is 6.29. The predicted octanol–water partition coefficient (Wildman–Crippen LogP) is 2.31. The van der Waals surface area contributed by atoms with Crippen molar-refractivity contribution in [2.45, 2.75) is 26.2 Å². The van der Waals surface area contributed by atoms with Gasteiger partial charge in [-0.3, -0.25) is 4.40 Å². The summed E-state index contributed by atoms with van der Waals surface area (Å²) in [5.74, 6) is 0.879. The summed E-state index contributed by atoms with van der Waals surface area (Å²) in [5, 5.41) is 8.75.